The molecule has 2 rings (SSSR count). The molecule has 1 saturated carbocycles. The van der Waals surface area contributed by atoms with Gasteiger partial charge in [-0.05, 0) is 24.0 Å². The molecule has 18 heavy (non-hydrogen) atoms. The van der Waals surface area contributed by atoms with Crippen LogP contribution in [0, 0.1) is 0 Å². The quantitative estimate of drug-likeness (QED) is 0.840. The molecule has 1 aliphatic carbocycles. The summed E-state index contributed by atoms with van der Waals surface area (Å²) in [5.74, 6) is -0.726. The van der Waals surface area contributed by atoms with Gasteiger partial charge < -0.3 is 14.6 Å². The third kappa shape index (κ3) is 2.26. The maximum atomic E-state index is 11.2. The molecular formula is C14H18O4. The van der Waals surface area contributed by atoms with Crippen molar-refractivity contribution >= 4 is 5.97 Å². The SMILES string of the molecule is COCC(OC)c1ccc(C2(C(=O)O)CC2)cc1. The highest BCUT2D eigenvalue weighted by Gasteiger charge is 2.51. The lowest BCUT2D eigenvalue weighted by Gasteiger charge is -2.16. The van der Waals surface area contributed by atoms with Crippen LogP contribution in [0.2, 0.25) is 0 Å². The number of aliphatic carboxylic acids is 1. The van der Waals surface area contributed by atoms with E-state index in [4.69, 9.17) is 9.47 Å². The molecule has 0 bridgehead atoms. The number of hydrogen-bond acceptors (Lipinski definition) is 3. The number of hydrogen-bond donors (Lipinski definition) is 1. The summed E-state index contributed by atoms with van der Waals surface area (Å²) in [5.41, 5.74) is 1.25. The minimum absolute atomic E-state index is 0.107. The largest absolute Gasteiger partial charge is 0.481 e. The van der Waals surface area contributed by atoms with Crippen LogP contribution >= 0.6 is 0 Å². The van der Waals surface area contributed by atoms with E-state index in [1.807, 2.05) is 24.3 Å². The Morgan fingerprint density at radius 1 is 1.33 bits per heavy atom. The summed E-state index contributed by atoms with van der Waals surface area (Å²) in [6.07, 6.45) is 1.35. The lowest BCUT2D eigenvalue weighted by molar-refractivity contribution is -0.140. The van der Waals surface area contributed by atoms with E-state index in [1.54, 1.807) is 14.2 Å². The first-order chi connectivity index (χ1) is 8.64. The molecule has 1 N–H and O–H groups in total. The van der Waals surface area contributed by atoms with Crippen molar-refractivity contribution in [3.63, 3.8) is 0 Å². The van der Waals surface area contributed by atoms with Crippen LogP contribution in [0.3, 0.4) is 0 Å². The fourth-order valence-electron chi connectivity index (χ4n) is 2.22. The van der Waals surface area contributed by atoms with E-state index in [0.29, 0.717) is 6.61 Å². The molecule has 1 atom stereocenters. The van der Waals surface area contributed by atoms with Gasteiger partial charge in [0.05, 0.1) is 12.0 Å². The van der Waals surface area contributed by atoms with Crippen molar-refractivity contribution in [2.45, 2.75) is 24.4 Å². The Hall–Kier alpha value is -1.39. The molecule has 1 fully saturated rings. The Kier molecular flexibility index (Phi) is 3.68. The van der Waals surface area contributed by atoms with E-state index in [9.17, 15) is 9.90 Å². The molecule has 1 unspecified atom stereocenters. The average molecular weight is 250 g/mol. The van der Waals surface area contributed by atoms with Crippen molar-refractivity contribution in [2.75, 3.05) is 20.8 Å². The molecule has 0 radical (unpaired) electrons. The Labute approximate surface area is 107 Å². The Morgan fingerprint density at radius 2 is 1.94 bits per heavy atom. The third-order valence-corrected chi connectivity index (χ3v) is 3.60. The maximum Gasteiger partial charge on any atom is 0.314 e. The minimum atomic E-state index is -0.726. The maximum absolute atomic E-state index is 11.2. The van der Waals surface area contributed by atoms with E-state index < -0.39 is 11.4 Å². The van der Waals surface area contributed by atoms with Gasteiger partial charge in [-0.1, -0.05) is 24.3 Å². The highest BCUT2D eigenvalue weighted by atomic mass is 16.5. The van der Waals surface area contributed by atoms with Gasteiger partial charge in [0.2, 0.25) is 0 Å². The molecule has 98 valence electrons. The van der Waals surface area contributed by atoms with Gasteiger partial charge in [-0.25, -0.2) is 0 Å². The Morgan fingerprint density at radius 3 is 2.33 bits per heavy atom. The predicted molar refractivity (Wildman–Crippen MR) is 66.6 cm³/mol. The van der Waals surface area contributed by atoms with Crippen molar-refractivity contribution in [3.8, 4) is 0 Å². The summed E-state index contributed by atoms with van der Waals surface area (Å²) in [6.45, 7) is 0.486. The van der Waals surface area contributed by atoms with Gasteiger partial charge in [-0.15, -0.1) is 0 Å². The second-order valence-electron chi connectivity index (χ2n) is 4.69. The molecule has 4 heteroatoms. The predicted octanol–water partition coefficient (Wildman–Crippen LogP) is 2.14. The van der Waals surface area contributed by atoms with Gasteiger partial charge in [-0.3, -0.25) is 4.79 Å². The van der Waals surface area contributed by atoms with Crippen LogP contribution in [0.4, 0.5) is 0 Å². The highest BCUT2D eigenvalue weighted by molar-refractivity contribution is 5.84. The van der Waals surface area contributed by atoms with Gasteiger partial charge in [-0.2, -0.15) is 0 Å². The van der Waals surface area contributed by atoms with Crippen LogP contribution in [-0.4, -0.2) is 31.9 Å². The van der Waals surface area contributed by atoms with Crippen LogP contribution < -0.4 is 0 Å². The highest BCUT2D eigenvalue weighted by Crippen LogP contribution is 2.48. The normalized spacial score (nSPS) is 18.3. The number of carboxylic acids is 1. The molecule has 0 aromatic heterocycles. The number of carbonyl (C=O) groups is 1. The number of benzene rings is 1. The zero-order valence-electron chi connectivity index (χ0n) is 10.7. The summed E-state index contributed by atoms with van der Waals surface area (Å²) < 4.78 is 10.4. The van der Waals surface area contributed by atoms with E-state index in [1.165, 1.54) is 0 Å². The fourth-order valence-corrected chi connectivity index (χ4v) is 2.22. The summed E-state index contributed by atoms with van der Waals surface area (Å²) in [5, 5.41) is 9.22. The number of rotatable bonds is 6. The molecule has 4 nitrogen and oxygen atoms in total. The van der Waals surface area contributed by atoms with Crippen molar-refractivity contribution in [1.29, 1.82) is 0 Å². The van der Waals surface area contributed by atoms with Crippen LogP contribution in [-0.2, 0) is 19.7 Å². The summed E-state index contributed by atoms with van der Waals surface area (Å²) in [6, 6.07) is 7.62. The van der Waals surface area contributed by atoms with E-state index >= 15 is 0 Å². The second-order valence-corrected chi connectivity index (χ2v) is 4.69. The molecule has 1 aromatic rings. The number of carboxylic acid groups (broad SMARTS) is 1. The summed E-state index contributed by atoms with van der Waals surface area (Å²) in [4.78, 5) is 11.2. The first-order valence-electron chi connectivity index (χ1n) is 5.99. The minimum Gasteiger partial charge on any atom is -0.481 e. The van der Waals surface area contributed by atoms with E-state index in [0.717, 1.165) is 24.0 Å². The molecule has 0 heterocycles. The molecule has 1 aliphatic rings. The third-order valence-electron chi connectivity index (χ3n) is 3.60. The molecule has 0 saturated heterocycles. The second kappa shape index (κ2) is 5.08. The van der Waals surface area contributed by atoms with Crippen molar-refractivity contribution in [1.82, 2.24) is 0 Å². The summed E-state index contributed by atoms with van der Waals surface area (Å²) in [7, 11) is 3.27. The molecule has 0 spiro atoms. The standard InChI is InChI=1S/C14H18O4/c1-17-9-12(18-2)10-3-5-11(6-4-10)14(7-8-14)13(15)16/h3-6,12H,7-9H2,1-2H3,(H,15,16). The fraction of sp³-hybridized carbons (Fsp3) is 0.500. The van der Waals surface area contributed by atoms with Gasteiger partial charge in [0, 0.05) is 14.2 Å². The van der Waals surface area contributed by atoms with E-state index in [2.05, 4.69) is 0 Å². The molecular weight excluding hydrogens is 232 g/mol. The zero-order chi connectivity index (χ0) is 13.2. The monoisotopic (exact) mass is 250 g/mol. The van der Waals surface area contributed by atoms with Gasteiger partial charge >= 0.3 is 5.97 Å². The molecule has 0 amide bonds. The van der Waals surface area contributed by atoms with Gasteiger partial charge in [0.25, 0.3) is 0 Å². The van der Waals surface area contributed by atoms with E-state index in [-0.39, 0.29) is 6.10 Å². The van der Waals surface area contributed by atoms with Crippen LogP contribution in [0.15, 0.2) is 24.3 Å². The van der Waals surface area contributed by atoms with Crippen LogP contribution in [0.5, 0.6) is 0 Å². The van der Waals surface area contributed by atoms with Crippen molar-refractivity contribution in [2.24, 2.45) is 0 Å². The first-order valence-corrected chi connectivity index (χ1v) is 5.99. The Bertz CT molecular complexity index is 420. The van der Waals surface area contributed by atoms with Gasteiger partial charge in [0.1, 0.15) is 6.10 Å². The summed E-state index contributed by atoms with van der Waals surface area (Å²) >= 11 is 0. The number of ether oxygens (including phenoxy) is 2. The van der Waals surface area contributed by atoms with Gasteiger partial charge in [0.15, 0.2) is 0 Å². The van der Waals surface area contributed by atoms with Crippen LogP contribution in [0.1, 0.15) is 30.1 Å². The topological polar surface area (TPSA) is 55.8 Å². The Balaban J connectivity index is 2.17. The van der Waals surface area contributed by atoms with Crippen molar-refractivity contribution < 1.29 is 19.4 Å². The van der Waals surface area contributed by atoms with Crippen LogP contribution in [0.25, 0.3) is 0 Å². The molecule has 0 aliphatic heterocycles. The first kappa shape index (κ1) is 13.1. The lowest BCUT2D eigenvalue weighted by atomic mass is 9.94. The molecule has 1 aromatic carbocycles. The smallest absolute Gasteiger partial charge is 0.314 e. The van der Waals surface area contributed by atoms with Crippen molar-refractivity contribution in [3.05, 3.63) is 35.4 Å². The average Bonchev–Trinajstić information content (AvgIpc) is 3.18. The number of methoxy groups -OCH3 is 2. The lowest BCUT2D eigenvalue weighted by Crippen LogP contribution is -2.19. The zero-order valence-corrected chi connectivity index (χ0v) is 10.7.